The van der Waals surface area contributed by atoms with E-state index in [-0.39, 0.29) is 13.0 Å². The van der Waals surface area contributed by atoms with Crippen molar-refractivity contribution in [1.29, 1.82) is 0 Å². The number of tetrazole rings is 1. The number of aliphatic hydroxyl groups excluding tert-OH is 1. The van der Waals surface area contributed by atoms with Crippen LogP contribution in [0.1, 0.15) is 35.2 Å². The van der Waals surface area contributed by atoms with Crippen molar-refractivity contribution in [1.82, 2.24) is 30.8 Å². The molecule has 1 aromatic heterocycles. The molecule has 3 aromatic carbocycles. The van der Waals surface area contributed by atoms with Crippen molar-refractivity contribution in [3.8, 4) is 0 Å². The number of carbonyl (C=O) groups is 1. The summed E-state index contributed by atoms with van der Waals surface area (Å²) in [6.45, 7) is 2.74. The number of nitrogens with one attached hydrogen (secondary N) is 2. The highest BCUT2D eigenvalue weighted by molar-refractivity contribution is 5.81. The maximum Gasteiger partial charge on any atom is 0.245 e. The molecule has 0 aliphatic rings. The van der Waals surface area contributed by atoms with Crippen molar-refractivity contribution in [3.05, 3.63) is 113 Å². The maximum absolute atomic E-state index is 13.9. The second kappa shape index (κ2) is 13.7. The number of aliphatic hydroxyl groups is 1. The number of aryl methyl sites for hydroxylation is 1. The predicted octanol–water partition coefficient (Wildman–Crippen LogP) is 3.18. The standard InChI is InChI=1S/C29H32F2N6O2/c1-2-20-9-6-10-22(11-20)17-32-18-28(38)26(14-23-12-24(30)16-25(31)13-23)34-29(39)27(37-19-33-35-36-37)15-21-7-4-3-5-8-21/h3-13,16,19,26-28,32,38H,2,14-15,17-18H2,1H3,(H,34,39). The Morgan fingerprint density at radius 1 is 0.923 bits per heavy atom. The first-order valence-corrected chi connectivity index (χ1v) is 12.9. The van der Waals surface area contributed by atoms with Crippen LogP contribution < -0.4 is 10.6 Å². The van der Waals surface area contributed by atoms with Gasteiger partial charge in [-0.05, 0) is 57.7 Å². The van der Waals surface area contributed by atoms with E-state index in [1.54, 1.807) is 0 Å². The Morgan fingerprint density at radius 2 is 1.64 bits per heavy atom. The Balaban J connectivity index is 1.50. The van der Waals surface area contributed by atoms with Gasteiger partial charge in [0.2, 0.25) is 5.91 Å². The molecule has 3 unspecified atom stereocenters. The smallest absolute Gasteiger partial charge is 0.245 e. The summed E-state index contributed by atoms with van der Waals surface area (Å²) in [5, 5.41) is 28.5. The van der Waals surface area contributed by atoms with Crippen LogP contribution in [0.3, 0.4) is 0 Å². The molecule has 0 aliphatic heterocycles. The van der Waals surface area contributed by atoms with Crippen LogP contribution in [0, 0.1) is 11.6 Å². The Bertz CT molecular complexity index is 1320. The van der Waals surface area contributed by atoms with E-state index < -0.39 is 35.7 Å². The molecule has 0 radical (unpaired) electrons. The van der Waals surface area contributed by atoms with Gasteiger partial charge in [0.25, 0.3) is 0 Å². The van der Waals surface area contributed by atoms with Gasteiger partial charge in [0.05, 0.1) is 12.1 Å². The molecule has 0 bridgehead atoms. The minimum atomic E-state index is -1.05. The third-order valence-electron chi connectivity index (χ3n) is 6.51. The largest absolute Gasteiger partial charge is 0.390 e. The Kier molecular flexibility index (Phi) is 9.82. The number of rotatable bonds is 13. The molecule has 8 nitrogen and oxygen atoms in total. The Morgan fingerprint density at radius 3 is 2.33 bits per heavy atom. The third kappa shape index (κ3) is 8.23. The topological polar surface area (TPSA) is 105 Å². The number of aromatic nitrogens is 4. The average molecular weight is 535 g/mol. The molecule has 204 valence electrons. The first-order chi connectivity index (χ1) is 18.9. The molecule has 0 fully saturated rings. The lowest BCUT2D eigenvalue weighted by molar-refractivity contribution is -0.126. The van der Waals surface area contributed by atoms with Crippen LogP contribution in [-0.4, -0.2) is 49.9 Å². The number of nitrogens with zero attached hydrogens (tertiary/aromatic N) is 4. The summed E-state index contributed by atoms with van der Waals surface area (Å²) in [5.74, 6) is -1.88. The molecular weight excluding hydrogens is 502 g/mol. The van der Waals surface area contributed by atoms with E-state index in [1.807, 2.05) is 42.5 Å². The second-order valence-electron chi connectivity index (χ2n) is 9.46. The van der Waals surface area contributed by atoms with Crippen molar-refractivity contribution in [2.75, 3.05) is 6.54 Å². The lowest BCUT2D eigenvalue weighted by atomic mass is 9.99. The molecular formula is C29H32F2N6O2. The van der Waals surface area contributed by atoms with E-state index in [0.29, 0.717) is 18.5 Å². The van der Waals surface area contributed by atoms with Crippen LogP contribution in [0.5, 0.6) is 0 Å². The highest BCUT2D eigenvalue weighted by Gasteiger charge is 2.28. The fourth-order valence-corrected chi connectivity index (χ4v) is 4.47. The van der Waals surface area contributed by atoms with E-state index in [4.69, 9.17) is 0 Å². The van der Waals surface area contributed by atoms with E-state index in [2.05, 4.69) is 45.2 Å². The molecule has 0 saturated carbocycles. The van der Waals surface area contributed by atoms with Gasteiger partial charge in [-0.3, -0.25) is 4.79 Å². The molecule has 1 heterocycles. The number of amides is 1. The van der Waals surface area contributed by atoms with E-state index in [0.717, 1.165) is 23.6 Å². The molecule has 3 N–H and O–H groups in total. The normalized spacial score (nSPS) is 13.5. The SMILES string of the molecule is CCc1cccc(CNCC(O)C(Cc2cc(F)cc(F)c2)NC(=O)C(Cc2ccccc2)n2cnnn2)c1. The monoisotopic (exact) mass is 534 g/mol. The number of benzene rings is 3. The van der Waals surface area contributed by atoms with Gasteiger partial charge in [-0.2, -0.15) is 0 Å². The minimum Gasteiger partial charge on any atom is -0.390 e. The predicted molar refractivity (Wildman–Crippen MR) is 143 cm³/mol. The van der Waals surface area contributed by atoms with E-state index in [9.17, 15) is 18.7 Å². The van der Waals surface area contributed by atoms with Crippen LogP contribution in [0.25, 0.3) is 0 Å². The Labute approximate surface area is 226 Å². The summed E-state index contributed by atoms with van der Waals surface area (Å²) in [5.41, 5.74) is 3.49. The summed E-state index contributed by atoms with van der Waals surface area (Å²) < 4.78 is 29.2. The molecule has 3 atom stereocenters. The molecule has 0 saturated heterocycles. The molecule has 0 aliphatic carbocycles. The average Bonchev–Trinajstić information content (AvgIpc) is 3.46. The van der Waals surface area contributed by atoms with Crippen molar-refractivity contribution in [3.63, 3.8) is 0 Å². The van der Waals surface area contributed by atoms with E-state index in [1.165, 1.54) is 28.7 Å². The quantitative estimate of drug-likeness (QED) is 0.243. The lowest BCUT2D eigenvalue weighted by Gasteiger charge is -2.27. The van der Waals surface area contributed by atoms with Crippen molar-refractivity contribution < 1.29 is 18.7 Å². The minimum absolute atomic E-state index is 0.0161. The molecule has 1 amide bonds. The maximum atomic E-state index is 13.9. The third-order valence-corrected chi connectivity index (χ3v) is 6.51. The zero-order valence-corrected chi connectivity index (χ0v) is 21.7. The molecule has 4 rings (SSSR count). The van der Waals surface area contributed by atoms with Crippen molar-refractivity contribution >= 4 is 5.91 Å². The lowest BCUT2D eigenvalue weighted by Crippen LogP contribution is -2.50. The number of hydrogen-bond donors (Lipinski definition) is 3. The fourth-order valence-electron chi connectivity index (χ4n) is 4.47. The highest BCUT2D eigenvalue weighted by Crippen LogP contribution is 2.16. The van der Waals surface area contributed by atoms with Gasteiger partial charge in [-0.15, -0.1) is 5.10 Å². The number of halogens is 2. The fraction of sp³-hybridized carbons (Fsp3) is 0.310. The zero-order valence-electron chi connectivity index (χ0n) is 21.7. The van der Waals surface area contributed by atoms with Gasteiger partial charge in [0, 0.05) is 25.6 Å². The van der Waals surface area contributed by atoms with Crippen LogP contribution in [0.4, 0.5) is 8.78 Å². The van der Waals surface area contributed by atoms with Crippen molar-refractivity contribution in [2.24, 2.45) is 0 Å². The highest BCUT2D eigenvalue weighted by atomic mass is 19.1. The molecule has 0 spiro atoms. The van der Waals surface area contributed by atoms with Gasteiger partial charge in [-0.25, -0.2) is 13.5 Å². The van der Waals surface area contributed by atoms with Crippen LogP contribution in [-0.2, 0) is 30.6 Å². The number of hydrogen-bond acceptors (Lipinski definition) is 6. The van der Waals surface area contributed by atoms with Gasteiger partial charge in [0.1, 0.15) is 24.0 Å². The van der Waals surface area contributed by atoms with E-state index >= 15 is 0 Å². The number of carbonyl (C=O) groups excluding carboxylic acids is 1. The molecule has 10 heteroatoms. The van der Waals surface area contributed by atoms with Crippen LogP contribution >= 0.6 is 0 Å². The summed E-state index contributed by atoms with van der Waals surface area (Å²) in [7, 11) is 0. The molecule has 4 aromatic rings. The first-order valence-electron chi connectivity index (χ1n) is 12.9. The van der Waals surface area contributed by atoms with Crippen LogP contribution in [0.15, 0.2) is 79.1 Å². The van der Waals surface area contributed by atoms with Crippen molar-refractivity contribution in [2.45, 2.75) is 50.9 Å². The summed E-state index contributed by atoms with van der Waals surface area (Å²) in [4.78, 5) is 13.5. The summed E-state index contributed by atoms with van der Waals surface area (Å²) >= 11 is 0. The van der Waals surface area contributed by atoms with Gasteiger partial charge < -0.3 is 15.7 Å². The Hall–Kier alpha value is -4.02. The van der Waals surface area contributed by atoms with Gasteiger partial charge in [0.15, 0.2) is 0 Å². The summed E-state index contributed by atoms with van der Waals surface area (Å²) in [6.07, 6.45) is 1.54. The second-order valence-corrected chi connectivity index (χ2v) is 9.46. The van der Waals surface area contributed by atoms with Gasteiger partial charge in [-0.1, -0.05) is 61.5 Å². The first kappa shape index (κ1) is 28.0. The summed E-state index contributed by atoms with van der Waals surface area (Å²) in [6, 6.07) is 19.1. The van der Waals surface area contributed by atoms with Gasteiger partial charge >= 0.3 is 0 Å². The zero-order chi connectivity index (χ0) is 27.6. The van der Waals surface area contributed by atoms with Crippen LogP contribution in [0.2, 0.25) is 0 Å². The molecule has 39 heavy (non-hydrogen) atoms.